The third-order valence-electron chi connectivity index (χ3n) is 4.17. The number of ether oxygens (including phenoxy) is 1. The molecular weight excluding hydrogens is 359 g/mol. The number of hydrogen-bond donors (Lipinski definition) is 1. The molecule has 1 amide bonds. The standard InChI is InChI=1S/C19H22Cl2N2O2/c1-11(2)14-6-5-12(3)17(9-14)22-23-19(24)13(4)25-18-8-7-15(20)10-16(18)21/h5,7-8,10,13-14H,1,6,9H2,2-4H3,(H,23,24)/b22-17+/t13-,14+/m0/s1. The minimum absolute atomic E-state index is 0.344. The van der Waals surface area contributed by atoms with Crippen LogP contribution in [0.3, 0.4) is 0 Å². The predicted octanol–water partition coefficient (Wildman–Crippen LogP) is 5.17. The molecule has 0 heterocycles. The first kappa shape index (κ1) is 19.5. The van der Waals surface area contributed by atoms with Crippen molar-refractivity contribution in [2.75, 3.05) is 0 Å². The van der Waals surface area contributed by atoms with Crippen molar-refractivity contribution in [3.63, 3.8) is 0 Å². The molecule has 0 bridgehead atoms. The Morgan fingerprint density at radius 1 is 1.44 bits per heavy atom. The number of allylic oxidation sites excluding steroid dienone is 3. The van der Waals surface area contributed by atoms with Crippen molar-refractivity contribution in [2.24, 2.45) is 11.0 Å². The summed E-state index contributed by atoms with van der Waals surface area (Å²) in [6.07, 6.45) is 3.12. The Kier molecular flexibility index (Phi) is 6.68. The van der Waals surface area contributed by atoms with Gasteiger partial charge in [-0.05, 0) is 63.3 Å². The highest BCUT2D eigenvalue weighted by molar-refractivity contribution is 6.35. The number of nitrogens with one attached hydrogen (secondary N) is 1. The molecule has 1 aliphatic carbocycles. The number of hydrogen-bond acceptors (Lipinski definition) is 3. The molecule has 0 saturated carbocycles. The molecule has 0 aliphatic heterocycles. The zero-order chi connectivity index (χ0) is 18.6. The Balaban J connectivity index is 1.99. The van der Waals surface area contributed by atoms with Gasteiger partial charge in [-0.25, -0.2) is 5.43 Å². The lowest BCUT2D eigenvalue weighted by Crippen LogP contribution is -2.34. The summed E-state index contributed by atoms with van der Waals surface area (Å²) in [5, 5.41) is 5.13. The van der Waals surface area contributed by atoms with E-state index in [1.54, 1.807) is 25.1 Å². The lowest BCUT2D eigenvalue weighted by atomic mass is 9.85. The van der Waals surface area contributed by atoms with Crippen molar-refractivity contribution in [3.8, 4) is 5.75 Å². The summed E-state index contributed by atoms with van der Waals surface area (Å²) in [6, 6.07) is 4.85. The van der Waals surface area contributed by atoms with E-state index in [0.29, 0.717) is 21.7 Å². The molecule has 0 radical (unpaired) electrons. The number of nitrogens with zero attached hydrogens (tertiary/aromatic N) is 1. The molecule has 1 N–H and O–H groups in total. The maximum Gasteiger partial charge on any atom is 0.280 e. The van der Waals surface area contributed by atoms with Gasteiger partial charge < -0.3 is 4.74 Å². The molecule has 134 valence electrons. The summed E-state index contributed by atoms with van der Waals surface area (Å²) in [6.45, 7) is 9.66. The number of carbonyl (C=O) groups is 1. The van der Waals surface area contributed by atoms with E-state index in [0.717, 1.165) is 29.7 Å². The maximum absolute atomic E-state index is 12.2. The predicted molar refractivity (Wildman–Crippen MR) is 103 cm³/mol. The van der Waals surface area contributed by atoms with Crippen molar-refractivity contribution in [3.05, 3.63) is 52.0 Å². The van der Waals surface area contributed by atoms with E-state index >= 15 is 0 Å². The molecule has 0 spiro atoms. The highest BCUT2D eigenvalue weighted by atomic mass is 35.5. The summed E-state index contributed by atoms with van der Waals surface area (Å²) in [4.78, 5) is 12.2. The minimum atomic E-state index is -0.743. The van der Waals surface area contributed by atoms with Gasteiger partial charge in [0.2, 0.25) is 0 Å². The first-order chi connectivity index (χ1) is 11.8. The van der Waals surface area contributed by atoms with Crippen LogP contribution in [0.1, 0.15) is 33.6 Å². The Morgan fingerprint density at radius 2 is 2.16 bits per heavy atom. The normalized spacial score (nSPS) is 20.0. The number of carbonyl (C=O) groups excluding carboxylic acids is 1. The second-order valence-corrected chi connectivity index (χ2v) is 7.08. The van der Waals surface area contributed by atoms with Gasteiger partial charge >= 0.3 is 0 Å². The lowest BCUT2D eigenvalue weighted by molar-refractivity contribution is -0.127. The topological polar surface area (TPSA) is 50.7 Å². The van der Waals surface area contributed by atoms with Crippen molar-refractivity contribution in [1.29, 1.82) is 0 Å². The molecule has 0 saturated heterocycles. The fraction of sp³-hybridized carbons (Fsp3) is 0.368. The van der Waals surface area contributed by atoms with Gasteiger partial charge in [0.1, 0.15) is 5.75 Å². The summed E-state index contributed by atoms with van der Waals surface area (Å²) >= 11 is 11.9. The van der Waals surface area contributed by atoms with Crippen LogP contribution in [-0.2, 0) is 4.79 Å². The number of amides is 1. The average molecular weight is 381 g/mol. The largest absolute Gasteiger partial charge is 0.479 e. The highest BCUT2D eigenvalue weighted by Crippen LogP contribution is 2.28. The van der Waals surface area contributed by atoms with Crippen molar-refractivity contribution < 1.29 is 9.53 Å². The first-order valence-electron chi connectivity index (χ1n) is 8.08. The Hall–Kier alpha value is -1.78. The first-order valence-corrected chi connectivity index (χ1v) is 8.84. The van der Waals surface area contributed by atoms with Gasteiger partial charge in [-0.3, -0.25) is 4.79 Å². The zero-order valence-corrected chi connectivity index (χ0v) is 16.1. The number of rotatable bonds is 5. The molecule has 0 aromatic heterocycles. The van der Waals surface area contributed by atoms with Crippen molar-refractivity contribution in [1.82, 2.24) is 5.43 Å². The highest BCUT2D eigenvalue weighted by Gasteiger charge is 2.20. The van der Waals surface area contributed by atoms with Gasteiger partial charge in [0.15, 0.2) is 6.10 Å². The van der Waals surface area contributed by atoms with E-state index in [9.17, 15) is 4.79 Å². The maximum atomic E-state index is 12.2. The summed E-state index contributed by atoms with van der Waals surface area (Å²) in [7, 11) is 0. The van der Waals surface area contributed by atoms with Crippen molar-refractivity contribution >= 4 is 34.8 Å². The Bertz CT molecular complexity index is 741. The molecule has 4 nitrogen and oxygen atoms in total. The summed E-state index contributed by atoms with van der Waals surface area (Å²) in [5.74, 6) is 0.419. The van der Waals surface area contributed by atoms with Crippen LogP contribution >= 0.6 is 23.2 Å². The van der Waals surface area contributed by atoms with Crippen molar-refractivity contribution in [2.45, 2.75) is 39.7 Å². The molecule has 1 aromatic carbocycles. The molecule has 2 atom stereocenters. The van der Waals surface area contributed by atoms with E-state index in [-0.39, 0.29) is 5.91 Å². The molecule has 0 fully saturated rings. The van der Waals surface area contributed by atoms with Gasteiger partial charge in [-0.15, -0.1) is 0 Å². The molecule has 1 aromatic rings. The third kappa shape index (κ3) is 5.35. The molecule has 0 unspecified atom stereocenters. The average Bonchev–Trinajstić information content (AvgIpc) is 2.56. The smallest absolute Gasteiger partial charge is 0.280 e. The quantitative estimate of drug-likeness (QED) is 0.565. The van der Waals surface area contributed by atoms with Gasteiger partial charge in [0.25, 0.3) is 5.91 Å². The summed E-state index contributed by atoms with van der Waals surface area (Å²) < 4.78 is 5.59. The van der Waals surface area contributed by atoms with Crippen LogP contribution in [0, 0.1) is 5.92 Å². The number of benzene rings is 1. The zero-order valence-electron chi connectivity index (χ0n) is 14.6. The van der Waals surface area contributed by atoms with Crippen LogP contribution in [0.2, 0.25) is 10.0 Å². The molecule has 1 aliphatic rings. The Morgan fingerprint density at radius 3 is 2.80 bits per heavy atom. The monoisotopic (exact) mass is 380 g/mol. The number of hydrazone groups is 1. The van der Waals surface area contributed by atoms with Gasteiger partial charge in [0.05, 0.1) is 10.7 Å². The van der Waals surface area contributed by atoms with Crippen LogP contribution in [0.25, 0.3) is 0 Å². The SMILES string of the molecule is C=C(C)[C@@H]1CC=C(C)/C(=N/NC(=O)[C@H](C)Oc2ccc(Cl)cc2Cl)C1. The van der Waals surface area contributed by atoms with Crippen LogP contribution in [0.5, 0.6) is 5.75 Å². The molecular formula is C19H22Cl2N2O2. The second kappa shape index (κ2) is 8.54. The van der Waals surface area contributed by atoms with E-state index in [4.69, 9.17) is 27.9 Å². The fourth-order valence-electron chi connectivity index (χ4n) is 2.45. The second-order valence-electron chi connectivity index (χ2n) is 6.24. The Labute approximate surface area is 158 Å². The number of halogens is 2. The minimum Gasteiger partial charge on any atom is -0.479 e. The fourth-order valence-corrected chi connectivity index (χ4v) is 2.91. The molecule has 25 heavy (non-hydrogen) atoms. The molecule has 6 heteroatoms. The van der Waals surface area contributed by atoms with Gasteiger partial charge in [-0.1, -0.05) is 41.4 Å². The van der Waals surface area contributed by atoms with Crippen LogP contribution in [0.15, 0.2) is 47.1 Å². The third-order valence-corrected chi connectivity index (χ3v) is 4.70. The van der Waals surface area contributed by atoms with Gasteiger partial charge in [-0.2, -0.15) is 5.10 Å². The summed E-state index contributed by atoms with van der Waals surface area (Å²) in [5.41, 5.74) is 5.64. The van der Waals surface area contributed by atoms with E-state index in [1.165, 1.54) is 0 Å². The van der Waals surface area contributed by atoms with Crippen LogP contribution in [-0.4, -0.2) is 17.7 Å². The lowest BCUT2D eigenvalue weighted by Gasteiger charge is -2.22. The van der Waals surface area contributed by atoms with Crippen LogP contribution in [0.4, 0.5) is 0 Å². The van der Waals surface area contributed by atoms with E-state index < -0.39 is 6.10 Å². The molecule has 2 rings (SSSR count). The van der Waals surface area contributed by atoms with E-state index in [2.05, 4.69) is 23.2 Å². The van der Waals surface area contributed by atoms with Gasteiger partial charge in [0, 0.05) is 5.02 Å². The van der Waals surface area contributed by atoms with Crippen LogP contribution < -0.4 is 10.2 Å². The van der Waals surface area contributed by atoms with E-state index in [1.807, 2.05) is 13.8 Å².